The van der Waals surface area contributed by atoms with Crippen molar-refractivity contribution in [3.05, 3.63) is 58.8 Å². The molecule has 0 saturated heterocycles. The van der Waals surface area contributed by atoms with Crippen LogP contribution in [0.2, 0.25) is 0 Å². The van der Waals surface area contributed by atoms with Gasteiger partial charge < -0.3 is 11.1 Å². The Kier molecular flexibility index (Phi) is 5.00. The molecule has 3 aromatic rings. The number of primary amides is 1. The molecular formula is C19H22N6O3. The number of amides is 2. The maximum Gasteiger partial charge on any atom is 0.337 e. The van der Waals surface area contributed by atoms with Crippen LogP contribution in [0.25, 0.3) is 11.0 Å². The zero-order valence-corrected chi connectivity index (χ0v) is 15.9. The van der Waals surface area contributed by atoms with Gasteiger partial charge in [-0.2, -0.15) is 10.2 Å². The predicted molar refractivity (Wildman–Crippen MR) is 104 cm³/mol. The third-order valence-corrected chi connectivity index (χ3v) is 4.40. The second-order valence-electron chi connectivity index (χ2n) is 7.56. The van der Waals surface area contributed by atoms with Crippen LogP contribution in [0.1, 0.15) is 26.5 Å². The second kappa shape index (κ2) is 7.26. The van der Waals surface area contributed by atoms with E-state index in [0.29, 0.717) is 16.7 Å². The van der Waals surface area contributed by atoms with Gasteiger partial charge in [0.1, 0.15) is 6.04 Å². The number of nitrogens with zero attached hydrogens (tertiary/aromatic N) is 4. The summed E-state index contributed by atoms with van der Waals surface area (Å²) in [4.78, 5) is 37.8. The molecule has 2 heterocycles. The van der Waals surface area contributed by atoms with Crippen LogP contribution < -0.4 is 16.7 Å². The van der Waals surface area contributed by atoms with Gasteiger partial charge in [0.25, 0.3) is 0 Å². The minimum absolute atomic E-state index is 0.159. The van der Waals surface area contributed by atoms with Crippen LogP contribution in [-0.2, 0) is 11.3 Å². The van der Waals surface area contributed by atoms with Crippen LogP contribution in [0.15, 0.2) is 47.4 Å². The van der Waals surface area contributed by atoms with Crippen LogP contribution in [0.3, 0.4) is 0 Å². The van der Waals surface area contributed by atoms with Gasteiger partial charge in [-0.15, -0.1) is 0 Å². The average Bonchev–Trinajstić information content (AvgIpc) is 2.91. The highest BCUT2D eigenvalue weighted by Crippen LogP contribution is 2.20. The number of para-hydroxylation sites is 2. The number of nitrogens with one attached hydrogen (secondary N) is 1. The number of hydrogen-bond donors (Lipinski definition) is 2. The predicted octanol–water partition coefficient (Wildman–Crippen LogP) is 1.10. The van der Waals surface area contributed by atoms with Crippen LogP contribution in [-0.4, -0.2) is 37.3 Å². The molecule has 3 N–H and O–H groups in total. The summed E-state index contributed by atoms with van der Waals surface area (Å²) < 4.78 is 2.45. The molecule has 1 aromatic carbocycles. The second-order valence-corrected chi connectivity index (χ2v) is 7.56. The van der Waals surface area contributed by atoms with Crippen molar-refractivity contribution in [2.24, 2.45) is 11.1 Å². The lowest BCUT2D eigenvalue weighted by atomic mass is 9.86. The molecule has 146 valence electrons. The van der Waals surface area contributed by atoms with Crippen LogP contribution >= 0.6 is 0 Å². The van der Waals surface area contributed by atoms with Crippen LogP contribution in [0.5, 0.6) is 0 Å². The monoisotopic (exact) mass is 382 g/mol. The molecule has 1 atom stereocenters. The van der Waals surface area contributed by atoms with Crippen molar-refractivity contribution in [3.8, 4) is 0 Å². The number of carbonyl (C=O) groups excluding carboxylic acids is 2. The zero-order valence-electron chi connectivity index (χ0n) is 15.9. The molecule has 0 unspecified atom stereocenters. The summed E-state index contributed by atoms with van der Waals surface area (Å²) >= 11 is 0. The van der Waals surface area contributed by atoms with Crippen LogP contribution in [0, 0.1) is 5.41 Å². The van der Waals surface area contributed by atoms with Gasteiger partial charge in [0.05, 0.1) is 23.3 Å². The molecule has 0 spiro atoms. The number of benzene rings is 1. The van der Waals surface area contributed by atoms with E-state index in [1.54, 1.807) is 63.4 Å². The lowest BCUT2D eigenvalue weighted by molar-refractivity contribution is -0.122. The van der Waals surface area contributed by atoms with Crippen LogP contribution in [0.4, 0.5) is 4.79 Å². The Balaban J connectivity index is 2.07. The molecule has 2 aromatic heterocycles. The normalized spacial score (nSPS) is 12.7. The SMILES string of the molecule is CC(C)(C)[C@H](NC(=O)n1c(=O)n(Cc2cccnn2)c2ccccc21)C(N)=O. The fourth-order valence-corrected chi connectivity index (χ4v) is 3.04. The van der Waals surface area contributed by atoms with Crippen molar-refractivity contribution in [1.29, 1.82) is 0 Å². The van der Waals surface area contributed by atoms with E-state index in [1.165, 1.54) is 4.57 Å². The first kappa shape index (κ1) is 19.3. The fraction of sp³-hybridized carbons (Fsp3) is 0.316. The Morgan fingerprint density at radius 3 is 2.39 bits per heavy atom. The third-order valence-electron chi connectivity index (χ3n) is 4.40. The molecule has 0 saturated carbocycles. The summed E-state index contributed by atoms with van der Waals surface area (Å²) in [7, 11) is 0. The number of rotatable bonds is 4. The van der Waals surface area contributed by atoms with E-state index in [1.807, 2.05) is 0 Å². The number of nitrogens with two attached hydrogens (primary N) is 1. The molecule has 2 amide bonds. The molecule has 0 aliphatic carbocycles. The summed E-state index contributed by atoms with van der Waals surface area (Å²) in [6, 6.07) is 8.74. The fourth-order valence-electron chi connectivity index (χ4n) is 3.04. The highest BCUT2D eigenvalue weighted by molar-refractivity contribution is 5.92. The van der Waals surface area contributed by atoms with Gasteiger partial charge in [0, 0.05) is 6.20 Å². The first-order valence-electron chi connectivity index (χ1n) is 8.77. The van der Waals surface area contributed by atoms with E-state index < -0.39 is 29.1 Å². The van der Waals surface area contributed by atoms with E-state index in [0.717, 1.165) is 4.57 Å². The number of imidazole rings is 1. The molecule has 0 aliphatic rings. The molecule has 0 bridgehead atoms. The summed E-state index contributed by atoms with van der Waals surface area (Å²) in [6.45, 7) is 5.50. The largest absolute Gasteiger partial charge is 0.368 e. The Labute approximate surface area is 161 Å². The number of hydrogen-bond acceptors (Lipinski definition) is 5. The standard InChI is InChI=1S/C19H22N6O3/c1-19(2,3)15(16(20)26)22-17(27)25-14-9-5-4-8-13(14)24(18(25)28)11-12-7-6-10-21-23-12/h4-10,15H,11H2,1-3H3,(H2,20,26)(H,22,27)/t15-/m1/s1. The Morgan fingerprint density at radius 1 is 1.14 bits per heavy atom. The quantitative estimate of drug-likeness (QED) is 0.699. The third kappa shape index (κ3) is 3.64. The van der Waals surface area contributed by atoms with Gasteiger partial charge in [-0.3, -0.25) is 9.36 Å². The van der Waals surface area contributed by atoms with E-state index >= 15 is 0 Å². The topological polar surface area (TPSA) is 125 Å². The van der Waals surface area contributed by atoms with Gasteiger partial charge in [-0.25, -0.2) is 14.2 Å². The van der Waals surface area contributed by atoms with Gasteiger partial charge in [-0.05, 0) is 29.7 Å². The lowest BCUT2D eigenvalue weighted by Crippen LogP contribution is -2.54. The Morgan fingerprint density at radius 2 is 1.82 bits per heavy atom. The minimum atomic E-state index is -0.936. The maximum atomic E-state index is 13.0. The smallest absolute Gasteiger partial charge is 0.337 e. The molecule has 0 aliphatic heterocycles. The summed E-state index contributed by atoms with van der Waals surface area (Å²) in [5, 5.41) is 10.4. The maximum absolute atomic E-state index is 13.0. The van der Waals surface area contributed by atoms with E-state index in [-0.39, 0.29) is 6.54 Å². The highest BCUT2D eigenvalue weighted by Gasteiger charge is 2.32. The van der Waals surface area contributed by atoms with Gasteiger partial charge in [-0.1, -0.05) is 32.9 Å². The molecule has 3 rings (SSSR count). The van der Waals surface area contributed by atoms with E-state index in [2.05, 4.69) is 15.5 Å². The van der Waals surface area contributed by atoms with E-state index in [9.17, 15) is 14.4 Å². The van der Waals surface area contributed by atoms with Crippen molar-refractivity contribution < 1.29 is 9.59 Å². The van der Waals surface area contributed by atoms with Crippen molar-refractivity contribution in [2.45, 2.75) is 33.4 Å². The van der Waals surface area contributed by atoms with Crippen molar-refractivity contribution in [2.75, 3.05) is 0 Å². The van der Waals surface area contributed by atoms with Gasteiger partial charge in [0.2, 0.25) is 5.91 Å². The van der Waals surface area contributed by atoms with E-state index in [4.69, 9.17) is 5.73 Å². The molecule has 0 radical (unpaired) electrons. The zero-order chi connectivity index (χ0) is 20.5. The lowest BCUT2D eigenvalue weighted by Gasteiger charge is -2.28. The summed E-state index contributed by atoms with van der Waals surface area (Å²) in [5.74, 6) is -0.669. The number of fused-ring (bicyclic) bond motifs is 1. The molecule has 9 heteroatoms. The minimum Gasteiger partial charge on any atom is -0.368 e. The first-order valence-corrected chi connectivity index (χ1v) is 8.77. The first-order chi connectivity index (χ1) is 13.2. The highest BCUT2D eigenvalue weighted by atomic mass is 16.2. The summed E-state index contributed by atoms with van der Waals surface area (Å²) in [5.41, 5.74) is 5.87. The van der Waals surface area contributed by atoms with Crippen molar-refractivity contribution >= 4 is 23.0 Å². The van der Waals surface area contributed by atoms with Crippen molar-refractivity contribution in [3.63, 3.8) is 0 Å². The average molecular weight is 382 g/mol. The molecule has 9 nitrogen and oxygen atoms in total. The Hall–Kier alpha value is -3.49. The molecule has 0 fully saturated rings. The Bertz CT molecular complexity index is 1080. The number of aromatic nitrogens is 4. The van der Waals surface area contributed by atoms with Crippen molar-refractivity contribution in [1.82, 2.24) is 24.6 Å². The molecule has 28 heavy (non-hydrogen) atoms. The number of carbonyl (C=O) groups is 2. The van der Waals surface area contributed by atoms with Gasteiger partial charge >= 0.3 is 11.7 Å². The van der Waals surface area contributed by atoms with Gasteiger partial charge in [0.15, 0.2) is 0 Å². The summed E-state index contributed by atoms with van der Waals surface area (Å²) in [6.07, 6.45) is 1.54. The molecular weight excluding hydrogens is 360 g/mol.